The van der Waals surface area contributed by atoms with E-state index in [4.69, 9.17) is 0 Å². The van der Waals surface area contributed by atoms with Crippen LogP contribution in [0.25, 0.3) is 22.3 Å². The van der Waals surface area contributed by atoms with Crippen molar-refractivity contribution < 1.29 is 4.48 Å². The molecule has 4 aromatic carbocycles. The number of aryl methyl sites for hydroxylation is 1. The van der Waals surface area contributed by atoms with Crippen LogP contribution in [-0.2, 0) is 10.8 Å². The smallest absolute Gasteiger partial charge is 0.0794 e. The fourth-order valence-electron chi connectivity index (χ4n) is 8.96. The predicted octanol–water partition coefficient (Wildman–Crippen LogP) is 9.68. The van der Waals surface area contributed by atoms with Crippen molar-refractivity contribution in [2.45, 2.75) is 89.1 Å². The first-order valence-electron chi connectivity index (χ1n) is 16.7. The maximum atomic E-state index is 3.86. The zero-order chi connectivity index (χ0) is 31.4. The molecule has 2 nitrogen and oxygen atoms in total. The Bertz CT molecular complexity index is 1560. The highest BCUT2D eigenvalue weighted by atomic mass is 15.3. The van der Waals surface area contributed by atoms with Gasteiger partial charge in [0.1, 0.15) is 0 Å². The van der Waals surface area contributed by atoms with E-state index in [-0.39, 0.29) is 21.9 Å². The minimum atomic E-state index is 0.0468. The molecule has 2 heterocycles. The van der Waals surface area contributed by atoms with E-state index >= 15 is 0 Å². The van der Waals surface area contributed by atoms with E-state index in [1.807, 2.05) is 0 Å². The molecule has 44 heavy (non-hydrogen) atoms. The van der Waals surface area contributed by atoms with Crippen LogP contribution in [0.1, 0.15) is 82.6 Å². The number of hydrogen-bond acceptors (Lipinski definition) is 1. The van der Waals surface area contributed by atoms with E-state index in [2.05, 4.69) is 158 Å². The molecule has 0 atom stereocenters. The largest absolute Gasteiger partial charge is 0.328 e. The first kappa shape index (κ1) is 30.8. The van der Waals surface area contributed by atoms with Crippen molar-refractivity contribution in [2.24, 2.45) is 0 Å². The zero-order valence-corrected chi connectivity index (χ0v) is 28.4. The van der Waals surface area contributed by atoms with Gasteiger partial charge in [-0.25, -0.2) is 0 Å². The van der Waals surface area contributed by atoms with Crippen LogP contribution in [0.5, 0.6) is 0 Å². The monoisotopic (exact) mass is 585 g/mol. The third kappa shape index (κ3) is 6.17. The highest BCUT2D eigenvalue weighted by molar-refractivity contribution is 5.66. The fourth-order valence-corrected chi connectivity index (χ4v) is 8.96. The van der Waals surface area contributed by atoms with Crippen LogP contribution in [-0.4, -0.2) is 42.7 Å². The van der Waals surface area contributed by atoms with Crippen LogP contribution in [0.4, 0.5) is 0 Å². The van der Waals surface area contributed by atoms with Gasteiger partial charge in [-0.05, 0) is 91.8 Å². The number of nitrogens with zero attached hydrogens (tertiary/aromatic N) is 1. The molecule has 0 unspecified atom stereocenters. The van der Waals surface area contributed by atoms with Crippen LogP contribution >= 0.6 is 0 Å². The van der Waals surface area contributed by atoms with Gasteiger partial charge in [-0.15, -0.1) is 0 Å². The number of hydrogen-bond donors (Lipinski definition) is 1. The topological polar surface area (TPSA) is 12.0 Å². The molecule has 6 rings (SSSR count). The molecule has 0 saturated carbocycles. The Morgan fingerprint density at radius 2 is 0.841 bits per heavy atom. The average molecular weight is 586 g/mol. The molecular formula is C42H53N2+. The van der Waals surface area contributed by atoms with E-state index < -0.39 is 0 Å². The summed E-state index contributed by atoms with van der Waals surface area (Å²) in [5, 5.41) is 3.86. The molecule has 2 saturated heterocycles. The first-order valence-corrected chi connectivity index (χ1v) is 16.7. The highest BCUT2D eigenvalue weighted by Crippen LogP contribution is 2.46. The van der Waals surface area contributed by atoms with Crippen molar-refractivity contribution >= 4 is 0 Å². The van der Waals surface area contributed by atoms with Gasteiger partial charge in [-0.2, -0.15) is 0 Å². The summed E-state index contributed by atoms with van der Waals surface area (Å²) in [6.07, 6.45) is 4.61. The van der Waals surface area contributed by atoms with Crippen molar-refractivity contribution in [1.29, 1.82) is 0 Å². The Balaban J connectivity index is 1.28. The Kier molecular flexibility index (Phi) is 7.70. The Morgan fingerprint density at radius 3 is 1.23 bits per heavy atom. The standard InChI is InChI=1S/C42H53N2/c1-31-9-11-32(12-10-31)34-15-21-37(22-16-34)42(25-27-44(7,8)28-26-42)38-23-17-35(18-24-38)33-13-19-36(20-14-33)41(6)29-39(2,3)43-40(4,5)30-41/h9-24,43H,25-30H2,1-8H3/q+1. The SMILES string of the molecule is Cc1ccc(-c2ccc(C3(c4ccc(-c5ccc(C6(C)CC(C)(C)NC(C)(C)C6)cc5)cc4)CC[N+](C)(C)CC3)cc2)cc1. The van der Waals surface area contributed by atoms with Crippen LogP contribution in [0, 0.1) is 6.92 Å². The molecule has 4 aromatic rings. The summed E-state index contributed by atoms with van der Waals surface area (Å²) in [5.74, 6) is 0. The quantitative estimate of drug-likeness (QED) is 0.230. The molecule has 2 aliphatic heterocycles. The average Bonchev–Trinajstić information content (AvgIpc) is 2.96. The lowest BCUT2D eigenvalue weighted by Crippen LogP contribution is -2.61. The number of benzene rings is 4. The van der Waals surface area contributed by atoms with Crippen molar-refractivity contribution in [3.63, 3.8) is 0 Å². The molecule has 0 bridgehead atoms. The van der Waals surface area contributed by atoms with Crippen molar-refractivity contribution in [2.75, 3.05) is 27.2 Å². The van der Waals surface area contributed by atoms with Crippen molar-refractivity contribution in [3.05, 3.63) is 119 Å². The van der Waals surface area contributed by atoms with E-state index in [0.717, 1.165) is 30.2 Å². The van der Waals surface area contributed by atoms with Gasteiger partial charge in [0.05, 0.1) is 27.2 Å². The molecule has 1 N–H and O–H groups in total. The van der Waals surface area contributed by atoms with Gasteiger partial charge in [0.25, 0.3) is 0 Å². The summed E-state index contributed by atoms with van der Waals surface area (Å²) in [6, 6.07) is 37.4. The van der Waals surface area contributed by atoms with E-state index in [1.165, 1.54) is 57.6 Å². The Hall–Kier alpha value is -3.20. The van der Waals surface area contributed by atoms with Crippen LogP contribution in [0.2, 0.25) is 0 Å². The maximum Gasteiger partial charge on any atom is 0.0794 e. The Labute approximate surface area is 267 Å². The second-order valence-corrected chi connectivity index (χ2v) is 16.4. The van der Waals surface area contributed by atoms with E-state index in [1.54, 1.807) is 0 Å². The zero-order valence-electron chi connectivity index (χ0n) is 28.4. The van der Waals surface area contributed by atoms with Crippen molar-refractivity contribution in [1.82, 2.24) is 5.32 Å². The van der Waals surface area contributed by atoms with Gasteiger partial charge in [0.2, 0.25) is 0 Å². The van der Waals surface area contributed by atoms with Gasteiger partial charge in [0.15, 0.2) is 0 Å². The molecule has 0 radical (unpaired) electrons. The molecule has 230 valence electrons. The van der Waals surface area contributed by atoms with Crippen LogP contribution < -0.4 is 5.32 Å². The molecule has 0 aliphatic carbocycles. The van der Waals surface area contributed by atoms with E-state index in [9.17, 15) is 0 Å². The third-order valence-electron chi connectivity index (χ3n) is 10.8. The molecule has 2 heteroatoms. The van der Waals surface area contributed by atoms with Gasteiger partial charge >= 0.3 is 0 Å². The van der Waals surface area contributed by atoms with Gasteiger partial charge < -0.3 is 9.80 Å². The number of rotatable bonds is 5. The second-order valence-electron chi connectivity index (χ2n) is 16.4. The number of piperidine rings is 2. The second kappa shape index (κ2) is 11.0. The number of quaternary nitrogens is 1. The third-order valence-corrected chi connectivity index (χ3v) is 10.8. The molecular weight excluding hydrogens is 532 g/mol. The summed E-state index contributed by atoms with van der Waals surface area (Å²) in [5.41, 5.74) is 11.3. The van der Waals surface area contributed by atoms with Gasteiger partial charge in [-0.3, -0.25) is 0 Å². The Morgan fingerprint density at radius 1 is 0.500 bits per heavy atom. The number of likely N-dealkylation sites (tertiary alicyclic amines) is 1. The molecule has 0 amide bonds. The van der Waals surface area contributed by atoms with Gasteiger partial charge in [-0.1, -0.05) is 110 Å². The lowest BCUT2D eigenvalue weighted by atomic mass is 9.63. The highest BCUT2D eigenvalue weighted by Gasteiger charge is 2.45. The summed E-state index contributed by atoms with van der Waals surface area (Å²) in [4.78, 5) is 0. The minimum Gasteiger partial charge on any atom is -0.328 e. The maximum absolute atomic E-state index is 3.86. The summed E-state index contributed by atoms with van der Waals surface area (Å²) in [7, 11) is 4.76. The first-order chi connectivity index (χ1) is 20.7. The molecule has 2 fully saturated rings. The lowest BCUT2D eigenvalue weighted by molar-refractivity contribution is -0.896. The van der Waals surface area contributed by atoms with Crippen LogP contribution in [0.3, 0.4) is 0 Å². The molecule has 2 aliphatic rings. The minimum absolute atomic E-state index is 0.0468. The normalized spacial score (nSPS) is 21.5. The fraction of sp³-hybridized carbons (Fsp3) is 0.429. The predicted molar refractivity (Wildman–Crippen MR) is 188 cm³/mol. The summed E-state index contributed by atoms with van der Waals surface area (Å²) in [6.45, 7) is 16.4. The van der Waals surface area contributed by atoms with Crippen molar-refractivity contribution in [3.8, 4) is 22.3 Å². The van der Waals surface area contributed by atoms with E-state index in [0.29, 0.717) is 0 Å². The summed E-state index contributed by atoms with van der Waals surface area (Å²) >= 11 is 0. The molecule has 0 spiro atoms. The lowest BCUT2D eigenvalue weighted by Gasteiger charge is -2.52. The van der Waals surface area contributed by atoms with Crippen LogP contribution in [0.15, 0.2) is 97.1 Å². The number of nitrogens with one attached hydrogen (secondary N) is 1. The summed E-state index contributed by atoms with van der Waals surface area (Å²) < 4.78 is 1.09. The molecule has 0 aromatic heterocycles. The van der Waals surface area contributed by atoms with Gasteiger partial charge in [0, 0.05) is 29.3 Å².